The Kier molecular flexibility index (Phi) is 6.54. The van der Waals surface area contributed by atoms with Crippen molar-refractivity contribution in [1.82, 2.24) is 4.90 Å². The topological polar surface area (TPSA) is 81.5 Å². The van der Waals surface area contributed by atoms with E-state index in [1.807, 2.05) is 12.1 Å². The highest BCUT2D eigenvalue weighted by Crippen LogP contribution is 2.21. The number of carbonyl (C=O) groups is 1. The molecule has 8 heteroatoms. The highest BCUT2D eigenvalue weighted by atomic mass is 16.6. The lowest BCUT2D eigenvalue weighted by molar-refractivity contribution is -0.142. The van der Waals surface area contributed by atoms with E-state index >= 15 is 0 Å². The van der Waals surface area contributed by atoms with Gasteiger partial charge in [0.1, 0.15) is 17.8 Å². The number of piperazine rings is 1. The highest BCUT2D eigenvalue weighted by Gasteiger charge is 2.18. The van der Waals surface area contributed by atoms with E-state index in [1.54, 1.807) is 7.11 Å². The van der Waals surface area contributed by atoms with Gasteiger partial charge in [-0.05, 0) is 24.3 Å². The zero-order valence-corrected chi connectivity index (χ0v) is 16.1. The molecule has 0 unspecified atom stereocenters. The molecule has 8 nitrogen and oxygen atoms in total. The van der Waals surface area contributed by atoms with Crippen LogP contribution in [0.15, 0.2) is 45.8 Å². The number of carbonyl (C=O) groups excluding carboxylic acids is 1. The fraction of sp³-hybridized carbons (Fsp3) is 0.400. The van der Waals surface area contributed by atoms with Crippen LogP contribution < -0.4 is 19.8 Å². The first-order chi connectivity index (χ1) is 13.6. The van der Waals surface area contributed by atoms with Crippen molar-refractivity contribution in [2.75, 3.05) is 51.9 Å². The van der Waals surface area contributed by atoms with Crippen LogP contribution in [0.1, 0.15) is 5.76 Å². The monoisotopic (exact) mass is 388 g/mol. The Morgan fingerprint density at radius 2 is 1.82 bits per heavy atom. The van der Waals surface area contributed by atoms with Crippen LogP contribution in [0.2, 0.25) is 0 Å². The smallest absolute Gasteiger partial charge is 0.343 e. The van der Waals surface area contributed by atoms with E-state index in [-0.39, 0.29) is 17.8 Å². The van der Waals surface area contributed by atoms with Gasteiger partial charge in [0.05, 0.1) is 20.8 Å². The number of rotatable bonds is 7. The maximum atomic E-state index is 12.1. The minimum atomic E-state index is -0.557. The van der Waals surface area contributed by atoms with Gasteiger partial charge >= 0.3 is 5.97 Å². The summed E-state index contributed by atoms with van der Waals surface area (Å²) in [5.74, 6) is 0.849. The van der Waals surface area contributed by atoms with Gasteiger partial charge in [-0.15, -0.1) is 0 Å². The second kappa shape index (κ2) is 9.27. The SMILES string of the molecule is COC(=O)COc1coc(CN2CCN(c3ccc(OC)cc3)CC2)cc1=O. The Bertz CT molecular complexity index is 841. The molecule has 150 valence electrons. The summed E-state index contributed by atoms with van der Waals surface area (Å²) in [4.78, 5) is 27.7. The predicted molar refractivity (Wildman–Crippen MR) is 103 cm³/mol. The number of hydrogen-bond acceptors (Lipinski definition) is 8. The molecule has 2 heterocycles. The molecule has 0 aliphatic carbocycles. The van der Waals surface area contributed by atoms with Gasteiger partial charge in [0.2, 0.25) is 11.2 Å². The second-order valence-electron chi connectivity index (χ2n) is 6.40. The lowest BCUT2D eigenvalue weighted by Crippen LogP contribution is -2.46. The third-order valence-electron chi connectivity index (χ3n) is 4.61. The van der Waals surface area contributed by atoms with Crippen molar-refractivity contribution in [1.29, 1.82) is 0 Å². The van der Waals surface area contributed by atoms with Crippen LogP contribution in [-0.4, -0.2) is 57.9 Å². The molecule has 0 spiro atoms. The molecule has 0 amide bonds. The Morgan fingerprint density at radius 1 is 1.11 bits per heavy atom. The normalized spacial score (nSPS) is 14.6. The Hall–Kier alpha value is -3.00. The van der Waals surface area contributed by atoms with Gasteiger partial charge in [-0.2, -0.15) is 0 Å². The molecule has 0 atom stereocenters. The van der Waals surface area contributed by atoms with Crippen LogP contribution >= 0.6 is 0 Å². The van der Waals surface area contributed by atoms with Crippen LogP contribution in [0.25, 0.3) is 0 Å². The van der Waals surface area contributed by atoms with E-state index in [4.69, 9.17) is 13.9 Å². The molecule has 1 aromatic carbocycles. The van der Waals surface area contributed by atoms with E-state index in [2.05, 4.69) is 26.7 Å². The van der Waals surface area contributed by atoms with E-state index in [0.717, 1.165) is 31.9 Å². The molecule has 0 bridgehead atoms. The standard InChI is InChI=1S/C20H24N2O6/c1-25-16-5-3-15(4-6-16)22-9-7-21(8-10-22)12-17-11-18(23)19(13-27-17)28-14-20(24)26-2/h3-6,11,13H,7-10,12,14H2,1-2H3. The molecule has 28 heavy (non-hydrogen) atoms. The second-order valence-corrected chi connectivity index (χ2v) is 6.40. The van der Waals surface area contributed by atoms with Gasteiger partial charge in [0, 0.05) is 37.9 Å². The summed E-state index contributed by atoms with van der Waals surface area (Å²) in [6.07, 6.45) is 1.24. The quantitative estimate of drug-likeness (QED) is 0.661. The van der Waals surface area contributed by atoms with Crippen molar-refractivity contribution in [3.8, 4) is 11.5 Å². The molecule has 1 saturated heterocycles. The first kappa shape index (κ1) is 19.8. The molecule has 1 fully saturated rings. The molecule has 1 aromatic heterocycles. The molecule has 0 saturated carbocycles. The molecular formula is C20H24N2O6. The fourth-order valence-corrected chi connectivity index (χ4v) is 3.00. The minimum Gasteiger partial charge on any atom is -0.497 e. The summed E-state index contributed by atoms with van der Waals surface area (Å²) in [5, 5.41) is 0. The third kappa shape index (κ3) is 5.04. The maximum Gasteiger partial charge on any atom is 0.343 e. The average Bonchev–Trinajstić information content (AvgIpc) is 2.73. The van der Waals surface area contributed by atoms with Crippen LogP contribution in [0, 0.1) is 0 Å². The molecule has 0 radical (unpaired) electrons. The molecule has 3 rings (SSSR count). The number of anilines is 1. The predicted octanol–water partition coefficient (Wildman–Crippen LogP) is 1.52. The number of esters is 1. The minimum absolute atomic E-state index is 0.00141. The number of nitrogens with zero attached hydrogens (tertiary/aromatic N) is 2. The third-order valence-corrected chi connectivity index (χ3v) is 4.61. The van der Waals surface area contributed by atoms with E-state index < -0.39 is 5.97 Å². The molecule has 0 N–H and O–H groups in total. The molecular weight excluding hydrogens is 364 g/mol. The van der Waals surface area contributed by atoms with Crippen molar-refractivity contribution in [2.45, 2.75) is 6.54 Å². The molecule has 1 aliphatic heterocycles. The van der Waals surface area contributed by atoms with E-state index in [0.29, 0.717) is 12.3 Å². The fourth-order valence-electron chi connectivity index (χ4n) is 3.00. The van der Waals surface area contributed by atoms with E-state index in [1.165, 1.54) is 25.1 Å². The lowest BCUT2D eigenvalue weighted by Gasteiger charge is -2.35. The first-order valence-corrected chi connectivity index (χ1v) is 9.01. The van der Waals surface area contributed by atoms with Crippen molar-refractivity contribution in [3.63, 3.8) is 0 Å². The van der Waals surface area contributed by atoms with Crippen LogP contribution in [-0.2, 0) is 16.1 Å². The number of benzene rings is 1. The summed E-state index contributed by atoms with van der Waals surface area (Å²) >= 11 is 0. The number of ether oxygens (including phenoxy) is 3. The largest absolute Gasteiger partial charge is 0.497 e. The summed E-state index contributed by atoms with van der Waals surface area (Å²) in [6, 6.07) is 9.43. The van der Waals surface area contributed by atoms with Crippen molar-refractivity contribution < 1.29 is 23.4 Å². The molecule has 1 aliphatic rings. The van der Waals surface area contributed by atoms with Crippen molar-refractivity contribution in [2.24, 2.45) is 0 Å². The Labute approximate surface area is 163 Å². The molecule has 2 aromatic rings. The first-order valence-electron chi connectivity index (χ1n) is 9.01. The lowest BCUT2D eigenvalue weighted by atomic mass is 10.2. The van der Waals surface area contributed by atoms with Crippen LogP contribution in [0.3, 0.4) is 0 Å². The summed E-state index contributed by atoms with van der Waals surface area (Å²) in [7, 11) is 2.91. The Morgan fingerprint density at radius 3 is 2.43 bits per heavy atom. The summed E-state index contributed by atoms with van der Waals surface area (Å²) in [5.41, 5.74) is 0.848. The van der Waals surface area contributed by atoms with Crippen molar-refractivity contribution >= 4 is 11.7 Å². The zero-order valence-electron chi connectivity index (χ0n) is 16.1. The summed E-state index contributed by atoms with van der Waals surface area (Å²) < 4.78 is 20.3. The Balaban J connectivity index is 1.52. The van der Waals surface area contributed by atoms with E-state index in [9.17, 15) is 9.59 Å². The van der Waals surface area contributed by atoms with Gasteiger partial charge in [-0.3, -0.25) is 9.69 Å². The zero-order chi connectivity index (χ0) is 19.9. The van der Waals surface area contributed by atoms with Gasteiger partial charge in [-0.1, -0.05) is 0 Å². The highest BCUT2D eigenvalue weighted by molar-refractivity contribution is 5.70. The number of methoxy groups -OCH3 is 2. The van der Waals surface area contributed by atoms with Gasteiger partial charge < -0.3 is 23.5 Å². The number of hydrogen-bond donors (Lipinski definition) is 0. The van der Waals surface area contributed by atoms with Crippen molar-refractivity contribution in [3.05, 3.63) is 52.6 Å². The van der Waals surface area contributed by atoms with Gasteiger partial charge in [0.25, 0.3) is 0 Å². The average molecular weight is 388 g/mol. The van der Waals surface area contributed by atoms with Gasteiger partial charge in [0.15, 0.2) is 6.61 Å². The summed E-state index contributed by atoms with van der Waals surface area (Å²) in [6.45, 7) is 3.71. The van der Waals surface area contributed by atoms with Crippen LogP contribution in [0.5, 0.6) is 11.5 Å². The van der Waals surface area contributed by atoms with Crippen LogP contribution in [0.4, 0.5) is 5.69 Å². The maximum absolute atomic E-state index is 12.1. The van der Waals surface area contributed by atoms with Gasteiger partial charge in [-0.25, -0.2) is 4.79 Å².